The summed E-state index contributed by atoms with van der Waals surface area (Å²) < 4.78 is 0. The van der Waals surface area contributed by atoms with Crippen LogP contribution in [-0.2, 0) is 11.2 Å². The lowest BCUT2D eigenvalue weighted by Gasteiger charge is -2.05. The molecule has 0 spiro atoms. The molecule has 0 aliphatic rings. The maximum absolute atomic E-state index is 12.2. The number of carbonyl (C=O) groups is 1. The SMILES string of the molecule is C=CCNc1ccc(NC(=O)Cc2c[nH]c3ccccc23)nn1. The summed E-state index contributed by atoms with van der Waals surface area (Å²) in [6.07, 6.45) is 3.87. The summed E-state index contributed by atoms with van der Waals surface area (Å²) in [5, 5.41) is 14.8. The van der Waals surface area contributed by atoms with Gasteiger partial charge in [0.05, 0.1) is 6.42 Å². The van der Waals surface area contributed by atoms with Gasteiger partial charge in [-0.25, -0.2) is 0 Å². The van der Waals surface area contributed by atoms with E-state index in [0.29, 0.717) is 18.2 Å². The van der Waals surface area contributed by atoms with Crippen LogP contribution in [0.15, 0.2) is 55.3 Å². The van der Waals surface area contributed by atoms with Crippen molar-refractivity contribution in [2.24, 2.45) is 0 Å². The molecule has 3 aromatic rings. The van der Waals surface area contributed by atoms with E-state index in [-0.39, 0.29) is 12.3 Å². The van der Waals surface area contributed by atoms with Gasteiger partial charge in [-0.2, -0.15) is 0 Å². The summed E-state index contributed by atoms with van der Waals surface area (Å²) in [5.74, 6) is 0.939. The van der Waals surface area contributed by atoms with Crippen LogP contribution in [0.4, 0.5) is 11.6 Å². The topological polar surface area (TPSA) is 82.7 Å². The van der Waals surface area contributed by atoms with Gasteiger partial charge < -0.3 is 15.6 Å². The van der Waals surface area contributed by atoms with E-state index in [4.69, 9.17) is 0 Å². The van der Waals surface area contributed by atoms with Gasteiger partial charge in [0.1, 0.15) is 5.82 Å². The Balaban J connectivity index is 1.64. The van der Waals surface area contributed by atoms with Gasteiger partial charge in [0.25, 0.3) is 0 Å². The molecular formula is C17H17N5O. The number of amides is 1. The highest BCUT2D eigenvalue weighted by molar-refractivity contribution is 5.95. The van der Waals surface area contributed by atoms with Crippen molar-refractivity contribution in [2.75, 3.05) is 17.2 Å². The van der Waals surface area contributed by atoms with Gasteiger partial charge in [-0.1, -0.05) is 24.3 Å². The zero-order valence-corrected chi connectivity index (χ0v) is 12.5. The lowest BCUT2D eigenvalue weighted by Crippen LogP contribution is -2.15. The van der Waals surface area contributed by atoms with Crippen LogP contribution in [0.2, 0.25) is 0 Å². The molecule has 1 aromatic carbocycles. The van der Waals surface area contributed by atoms with E-state index >= 15 is 0 Å². The standard InChI is InChI=1S/C17H17N5O/c1-2-9-18-15-7-8-16(22-21-15)20-17(23)10-12-11-19-14-6-4-3-5-13(12)14/h2-8,11,19H,1,9-10H2,(H,18,21)(H,20,22,23). The molecule has 116 valence electrons. The van der Waals surface area contributed by atoms with Gasteiger partial charge >= 0.3 is 0 Å². The minimum Gasteiger partial charge on any atom is -0.365 e. The third-order valence-electron chi connectivity index (χ3n) is 3.39. The number of hydrogen-bond donors (Lipinski definition) is 3. The zero-order chi connectivity index (χ0) is 16.1. The highest BCUT2D eigenvalue weighted by atomic mass is 16.1. The first-order valence-corrected chi connectivity index (χ1v) is 7.29. The number of anilines is 2. The third-order valence-corrected chi connectivity index (χ3v) is 3.39. The molecule has 0 unspecified atom stereocenters. The Bertz CT molecular complexity index is 822. The molecule has 6 heteroatoms. The van der Waals surface area contributed by atoms with Crippen LogP contribution >= 0.6 is 0 Å². The molecule has 3 N–H and O–H groups in total. The number of nitrogens with one attached hydrogen (secondary N) is 3. The third kappa shape index (κ3) is 3.55. The van der Waals surface area contributed by atoms with Crippen molar-refractivity contribution in [3.05, 3.63) is 60.8 Å². The maximum atomic E-state index is 12.2. The number of para-hydroxylation sites is 1. The fourth-order valence-corrected chi connectivity index (χ4v) is 2.31. The Morgan fingerprint density at radius 1 is 1.17 bits per heavy atom. The molecule has 6 nitrogen and oxygen atoms in total. The Morgan fingerprint density at radius 3 is 2.74 bits per heavy atom. The van der Waals surface area contributed by atoms with Crippen LogP contribution in [0.5, 0.6) is 0 Å². The van der Waals surface area contributed by atoms with Crippen molar-refractivity contribution in [1.82, 2.24) is 15.2 Å². The number of rotatable bonds is 6. The number of benzene rings is 1. The molecular weight excluding hydrogens is 290 g/mol. The fourth-order valence-electron chi connectivity index (χ4n) is 2.31. The van der Waals surface area contributed by atoms with E-state index in [9.17, 15) is 4.79 Å². The van der Waals surface area contributed by atoms with Crippen LogP contribution < -0.4 is 10.6 Å². The van der Waals surface area contributed by atoms with Crippen molar-refractivity contribution in [3.8, 4) is 0 Å². The maximum Gasteiger partial charge on any atom is 0.230 e. The Kier molecular flexibility index (Phi) is 4.33. The lowest BCUT2D eigenvalue weighted by atomic mass is 10.1. The average molecular weight is 307 g/mol. The Labute approximate surface area is 133 Å². The first-order chi connectivity index (χ1) is 11.3. The second kappa shape index (κ2) is 6.74. The zero-order valence-electron chi connectivity index (χ0n) is 12.5. The number of aromatic amines is 1. The minimum atomic E-state index is -0.129. The normalized spacial score (nSPS) is 10.4. The van der Waals surface area contributed by atoms with Crippen molar-refractivity contribution in [1.29, 1.82) is 0 Å². The van der Waals surface area contributed by atoms with Crippen LogP contribution in [-0.4, -0.2) is 27.6 Å². The molecule has 0 saturated carbocycles. The molecule has 1 amide bonds. The molecule has 0 atom stereocenters. The summed E-state index contributed by atoms with van der Waals surface area (Å²) in [7, 11) is 0. The molecule has 0 radical (unpaired) electrons. The number of nitrogens with zero attached hydrogens (tertiary/aromatic N) is 2. The fraction of sp³-hybridized carbons (Fsp3) is 0.118. The van der Waals surface area contributed by atoms with E-state index in [1.165, 1.54) is 0 Å². The smallest absolute Gasteiger partial charge is 0.230 e. The highest BCUT2D eigenvalue weighted by Crippen LogP contribution is 2.18. The second-order valence-electron chi connectivity index (χ2n) is 5.06. The van der Waals surface area contributed by atoms with E-state index in [1.807, 2.05) is 30.5 Å². The van der Waals surface area contributed by atoms with E-state index in [0.717, 1.165) is 16.5 Å². The largest absolute Gasteiger partial charge is 0.365 e. The molecule has 0 aliphatic heterocycles. The molecule has 23 heavy (non-hydrogen) atoms. The summed E-state index contributed by atoms with van der Waals surface area (Å²) in [6, 6.07) is 11.4. The lowest BCUT2D eigenvalue weighted by molar-refractivity contribution is -0.115. The molecule has 3 rings (SSSR count). The predicted octanol–water partition coefficient (Wildman–Crippen LogP) is 2.74. The van der Waals surface area contributed by atoms with Crippen LogP contribution in [0.25, 0.3) is 10.9 Å². The van der Waals surface area contributed by atoms with E-state index < -0.39 is 0 Å². The summed E-state index contributed by atoms with van der Waals surface area (Å²) in [5.41, 5.74) is 1.98. The molecule has 0 bridgehead atoms. The highest BCUT2D eigenvalue weighted by Gasteiger charge is 2.09. The Hall–Kier alpha value is -3.15. The number of fused-ring (bicyclic) bond motifs is 1. The minimum absolute atomic E-state index is 0.129. The van der Waals surface area contributed by atoms with Gasteiger partial charge in [-0.05, 0) is 23.8 Å². The van der Waals surface area contributed by atoms with E-state index in [2.05, 4.69) is 32.4 Å². The second-order valence-corrected chi connectivity index (χ2v) is 5.06. The van der Waals surface area contributed by atoms with Crippen LogP contribution in [0, 0.1) is 0 Å². The Morgan fingerprint density at radius 2 is 1.96 bits per heavy atom. The molecule has 2 aromatic heterocycles. The quantitative estimate of drug-likeness (QED) is 0.612. The summed E-state index contributed by atoms with van der Waals surface area (Å²) in [4.78, 5) is 15.3. The number of H-pyrrole nitrogens is 1. The van der Waals surface area contributed by atoms with Crippen LogP contribution in [0.3, 0.4) is 0 Å². The van der Waals surface area contributed by atoms with Gasteiger partial charge in [-0.3, -0.25) is 4.79 Å². The average Bonchev–Trinajstić information content (AvgIpc) is 2.97. The van der Waals surface area contributed by atoms with Crippen molar-refractivity contribution < 1.29 is 4.79 Å². The van der Waals surface area contributed by atoms with E-state index in [1.54, 1.807) is 18.2 Å². The molecule has 0 saturated heterocycles. The van der Waals surface area contributed by atoms with Crippen molar-refractivity contribution >= 4 is 28.4 Å². The molecule has 0 fully saturated rings. The number of hydrogen-bond acceptors (Lipinski definition) is 4. The first kappa shape index (κ1) is 14.8. The summed E-state index contributed by atoms with van der Waals surface area (Å²) >= 11 is 0. The summed E-state index contributed by atoms with van der Waals surface area (Å²) in [6.45, 7) is 4.23. The number of aromatic nitrogens is 3. The monoisotopic (exact) mass is 307 g/mol. The van der Waals surface area contributed by atoms with Gasteiger partial charge in [-0.15, -0.1) is 16.8 Å². The van der Waals surface area contributed by atoms with Crippen LogP contribution in [0.1, 0.15) is 5.56 Å². The van der Waals surface area contributed by atoms with Gasteiger partial charge in [0.2, 0.25) is 5.91 Å². The van der Waals surface area contributed by atoms with Crippen molar-refractivity contribution in [3.63, 3.8) is 0 Å². The van der Waals surface area contributed by atoms with Gasteiger partial charge in [0.15, 0.2) is 5.82 Å². The molecule has 0 aliphatic carbocycles. The van der Waals surface area contributed by atoms with Crippen molar-refractivity contribution in [2.45, 2.75) is 6.42 Å². The van der Waals surface area contributed by atoms with Gasteiger partial charge in [0, 0.05) is 23.6 Å². The molecule has 2 heterocycles. The number of carbonyl (C=O) groups excluding carboxylic acids is 1. The first-order valence-electron chi connectivity index (χ1n) is 7.29. The predicted molar refractivity (Wildman–Crippen MR) is 91.4 cm³/mol.